The monoisotopic (exact) mass is 396 g/mol. The molecule has 2 rings (SSSR count). The van der Waals surface area contributed by atoms with E-state index in [1.54, 1.807) is 7.11 Å². The molecular weight excluding hydrogens is 364 g/mol. The normalized spacial score (nSPS) is 11.1. The Bertz CT molecular complexity index is 782. The van der Waals surface area contributed by atoms with E-state index in [1.807, 2.05) is 74.2 Å². The molecule has 29 heavy (non-hydrogen) atoms. The first-order valence-corrected chi connectivity index (χ1v) is 10.1. The number of guanidine groups is 1. The largest absolute Gasteiger partial charge is 0.497 e. The first-order chi connectivity index (χ1) is 14.1. The van der Waals surface area contributed by atoms with Crippen LogP contribution in [0, 0.1) is 0 Å². The highest BCUT2D eigenvalue weighted by molar-refractivity contribution is 5.94. The van der Waals surface area contributed by atoms with Gasteiger partial charge in [0.1, 0.15) is 5.75 Å². The lowest BCUT2D eigenvalue weighted by atomic mass is 10.1. The summed E-state index contributed by atoms with van der Waals surface area (Å²) in [5.74, 6) is 1.67. The number of hydrogen-bond acceptors (Lipinski definition) is 3. The Balaban J connectivity index is 1.96. The number of nitrogens with zero attached hydrogens (tertiary/aromatic N) is 2. The molecule has 0 atom stereocenters. The van der Waals surface area contributed by atoms with Crippen molar-refractivity contribution in [3.8, 4) is 5.75 Å². The molecule has 1 amide bonds. The zero-order valence-electron chi connectivity index (χ0n) is 17.9. The number of amides is 1. The topological polar surface area (TPSA) is 66.0 Å². The van der Waals surface area contributed by atoms with Crippen molar-refractivity contribution >= 4 is 11.9 Å². The zero-order valence-corrected chi connectivity index (χ0v) is 17.9. The summed E-state index contributed by atoms with van der Waals surface area (Å²) in [4.78, 5) is 18.9. The predicted octanol–water partition coefficient (Wildman–Crippen LogP) is 3.43. The van der Waals surface area contributed by atoms with Crippen LogP contribution in [0.15, 0.2) is 53.5 Å². The number of methoxy groups -OCH3 is 1. The lowest BCUT2D eigenvalue weighted by molar-refractivity contribution is 0.0773. The van der Waals surface area contributed by atoms with E-state index in [9.17, 15) is 4.79 Å². The van der Waals surface area contributed by atoms with Crippen LogP contribution in [-0.4, -0.2) is 43.5 Å². The Morgan fingerprint density at radius 1 is 0.931 bits per heavy atom. The van der Waals surface area contributed by atoms with E-state index in [4.69, 9.17) is 4.74 Å². The lowest BCUT2D eigenvalue weighted by Gasteiger charge is -2.18. The third kappa shape index (κ3) is 6.82. The van der Waals surface area contributed by atoms with Crippen LogP contribution in [0.25, 0.3) is 0 Å². The van der Waals surface area contributed by atoms with Gasteiger partial charge in [0.25, 0.3) is 5.91 Å². The van der Waals surface area contributed by atoms with Gasteiger partial charge in [-0.15, -0.1) is 0 Å². The minimum Gasteiger partial charge on any atom is -0.497 e. The van der Waals surface area contributed by atoms with Gasteiger partial charge in [0.05, 0.1) is 13.7 Å². The van der Waals surface area contributed by atoms with Crippen LogP contribution in [0.5, 0.6) is 5.75 Å². The maximum absolute atomic E-state index is 12.4. The lowest BCUT2D eigenvalue weighted by Crippen LogP contribution is -2.36. The second kappa shape index (κ2) is 11.7. The first kappa shape index (κ1) is 22.3. The van der Waals surface area contributed by atoms with Crippen LogP contribution in [0.2, 0.25) is 0 Å². The van der Waals surface area contributed by atoms with Gasteiger partial charge in [-0.1, -0.05) is 24.3 Å². The highest BCUT2D eigenvalue weighted by atomic mass is 16.5. The second-order valence-electron chi connectivity index (χ2n) is 6.57. The molecule has 0 bridgehead atoms. The SMILES string of the molecule is CCNC(=NCc1ccc(OC)cc1)NCc1ccc(C(=O)N(CC)CC)cc1. The molecule has 6 heteroatoms. The van der Waals surface area contributed by atoms with Gasteiger partial charge in [-0.2, -0.15) is 0 Å². The Morgan fingerprint density at radius 3 is 2.10 bits per heavy atom. The molecule has 0 aliphatic heterocycles. The summed E-state index contributed by atoms with van der Waals surface area (Å²) in [6, 6.07) is 15.6. The quantitative estimate of drug-likeness (QED) is 0.503. The van der Waals surface area contributed by atoms with Crippen molar-refractivity contribution in [2.75, 3.05) is 26.7 Å². The van der Waals surface area contributed by atoms with Crippen molar-refractivity contribution in [3.05, 3.63) is 65.2 Å². The number of carbonyl (C=O) groups is 1. The second-order valence-corrected chi connectivity index (χ2v) is 6.57. The molecule has 0 aromatic heterocycles. The molecule has 2 aromatic carbocycles. The van der Waals surface area contributed by atoms with E-state index in [0.29, 0.717) is 13.1 Å². The number of carbonyl (C=O) groups excluding carboxylic acids is 1. The molecule has 2 aromatic rings. The van der Waals surface area contributed by atoms with Crippen molar-refractivity contribution in [2.45, 2.75) is 33.9 Å². The number of nitrogens with one attached hydrogen (secondary N) is 2. The van der Waals surface area contributed by atoms with Crippen molar-refractivity contribution < 1.29 is 9.53 Å². The fourth-order valence-electron chi connectivity index (χ4n) is 2.89. The summed E-state index contributed by atoms with van der Waals surface area (Å²) in [5, 5.41) is 6.60. The maximum Gasteiger partial charge on any atom is 0.253 e. The van der Waals surface area contributed by atoms with Gasteiger partial charge in [-0.25, -0.2) is 4.99 Å². The molecule has 0 aliphatic carbocycles. The smallest absolute Gasteiger partial charge is 0.253 e. The van der Waals surface area contributed by atoms with E-state index in [1.165, 1.54) is 0 Å². The number of hydrogen-bond donors (Lipinski definition) is 2. The first-order valence-electron chi connectivity index (χ1n) is 10.1. The molecule has 0 radical (unpaired) electrons. The summed E-state index contributed by atoms with van der Waals surface area (Å²) in [5.41, 5.74) is 2.93. The molecule has 156 valence electrons. The molecule has 6 nitrogen and oxygen atoms in total. The average Bonchev–Trinajstić information content (AvgIpc) is 2.77. The van der Waals surface area contributed by atoms with Crippen LogP contribution < -0.4 is 15.4 Å². The summed E-state index contributed by atoms with van der Waals surface area (Å²) >= 11 is 0. The zero-order chi connectivity index (χ0) is 21.1. The van der Waals surface area contributed by atoms with Crippen LogP contribution in [0.4, 0.5) is 0 Å². The van der Waals surface area contributed by atoms with Gasteiger partial charge in [-0.05, 0) is 56.2 Å². The third-order valence-electron chi connectivity index (χ3n) is 4.63. The minimum absolute atomic E-state index is 0.0731. The van der Waals surface area contributed by atoms with Crippen LogP contribution >= 0.6 is 0 Å². The standard InChI is InChI=1S/C23H32N4O2/c1-5-24-23(26-17-19-10-14-21(29-4)15-11-19)25-16-18-8-12-20(13-9-18)22(28)27(6-2)7-3/h8-15H,5-7,16-17H2,1-4H3,(H2,24,25,26). The van der Waals surface area contributed by atoms with Gasteiger partial charge in [0.15, 0.2) is 5.96 Å². The third-order valence-corrected chi connectivity index (χ3v) is 4.63. The van der Waals surface area contributed by atoms with Crippen molar-refractivity contribution in [1.82, 2.24) is 15.5 Å². The minimum atomic E-state index is 0.0731. The van der Waals surface area contributed by atoms with E-state index < -0.39 is 0 Å². The van der Waals surface area contributed by atoms with E-state index in [-0.39, 0.29) is 5.91 Å². The summed E-state index contributed by atoms with van der Waals surface area (Å²) in [7, 11) is 1.66. The molecular formula is C23H32N4O2. The highest BCUT2D eigenvalue weighted by Crippen LogP contribution is 2.12. The molecule has 0 aliphatic rings. The maximum atomic E-state index is 12.4. The van der Waals surface area contributed by atoms with Crippen LogP contribution in [0.1, 0.15) is 42.3 Å². The summed E-state index contributed by atoms with van der Waals surface area (Å²) in [6.07, 6.45) is 0. The van der Waals surface area contributed by atoms with Gasteiger partial charge >= 0.3 is 0 Å². The Hall–Kier alpha value is -3.02. The summed E-state index contributed by atoms with van der Waals surface area (Å²) in [6.45, 7) is 9.46. The Labute approximate surface area is 174 Å². The van der Waals surface area contributed by atoms with Crippen molar-refractivity contribution in [3.63, 3.8) is 0 Å². The fraction of sp³-hybridized carbons (Fsp3) is 0.391. The van der Waals surface area contributed by atoms with Gasteiger partial charge < -0.3 is 20.3 Å². The predicted molar refractivity (Wildman–Crippen MR) is 118 cm³/mol. The Morgan fingerprint density at radius 2 is 1.55 bits per heavy atom. The van der Waals surface area contributed by atoms with E-state index >= 15 is 0 Å². The number of rotatable bonds is 9. The van der Waals surface area contributed by atoms with E-state index in [2.05, 4.69) is 15.6 Å². The molecule has 0 saturated carbocycles. The Kier molecular flexibility index (Phi) is 9.02. The number of aliphatic imine (C=N–C) groups is 1. The van der Waals surface area contributed by atoms with Crippen LogP contribution in [-0.2, 0) is 13.1 Å². The number of ether oxygens (including phenoxy) is 1. The molecule has 2 N–H and O–H groups in total. The molecule has 0 saturated heterocycles. The van der Waals surface area contributed by atoms with Crippen molar-refractivity contribution in [1.29, 1.82) is 0 Å². The average molecular weight is 397 g/mol. The fourth-order valence-corrected chi connectivity index (χ4v) is 2.89. The molecule has 0 unspecified atom stereocenters. The molecule has 0 heterocycles. The highest BCUT2D eigenvalue weighted by Gasteiger charge is 2.11. The van der Waals surface area contributed by atoms with Crippen molar-refractivity contribution in [2.24, 2.45) is 4.99 Å². The van der Waals surface area contributed by atoms with Crippen LogP contribution in [0.3, 0.4) is 0 Å². The molecule has 0 spiro atoms. The van der Waals surface area contributed by atoms with Gasteiger partial charge in [0, 0.05) is 31.7 Å². The van der Waals surface area contributed by atoms with Gasteiger partial charge in [-0.3, -0.25) is 4.79 Å². The molecule has 0 fully saturated rings. The van der Waals surface area contributed by atoms with E-state index in [0.717, 1.165) is 48.0 Å². The summed E-state index contributed by atoms with van der Waals surface area (Å²) < 4.78 is 5.19. The number of benzene rings is 2. The van der Waals surface area contributed by atoms with Gasteiger partial charge in [0.2, 0.25) is 0 Å².